The number of Topliss-reactive ketones (excluding diaryl/α,β-unsaturated/α-hetero) is 2. The number of allylic oxidation sites excluding steroid dienone is 4. The van der Waals surface area contributed by atoms with Crippen molar-refractivity contribution >= 4 is 27.5 Å². The van der Waals surface area contributed by atoms with E-state index in [0.717, 1.165) is 45.4 Å². The lowest BCUT2D eigenvalue weighted by Crippen LogP contribution is -2.44. The summed E-state index contributed by atoms with van der Waals surface area (Å²) in [6.45, 7) is 11.5. The Bertz CT molecular complexity index is 1210. The van der Waals surface area contributed by atoms with E-state index in [1.165, 1.54) is 11.1 Å². The van der Waals surface area contributed by atoms with Gasteiger partial charge in [0, 0.05) is 52.3 Å². The average Bonchev–Trinajstić information content (AvgIpc) is 2.75. The minimum absolute atomic E-state index is 0.113. The van der Waals surface area contributed by atoms with E-state index >= 15 is 0 Å². The highest BCUT2D eigenvalue weighted by molar-refractivity contribution is 9.10. The summed E-state index contributed by atoms with van der Waals surface area (Å²) in [5, 5.41) is 0. The molecule has 2 aromatic rings. The number of ketones is 2. The molecule has 0 amide bonds. The van der Waals surface area contributed by atoms with Crippen LogP contribution in [0.15, 0.2) is 75.5 Å². The van der Waals surface area contributed by atoms with Gasteiger partial charge in [-0.3, -0.25) is 9.59 Å². The van der Waals surface area contributed by atoms with Crippen LogP contribution in [-0.4, -0.2) is 16.5 Å². The first-order valence-corrected chi connectivity index (χ1v) is 13.3. The average molecular weight is 533 g/mol. The van der Waals surface area contributed by atoms with Crippen molar-refractivity contribution in [2.45, 2.75) is 72.8 Å². The number of halogens is 1. The zero-order valence-corrected chi connectivity index (χ0v) is 23.0. The van der Waals surface area contributed by atoms with Gasteiger partial charge in [0.25, 0.3) is 0 Å². The Hall–Kier alpha value is -2.46. The van der Waals surface area contributed by atoms with Crippen molar-refractivity contribution in [3.8, 4) is 0 Å². The number of aryl methyl sites for hydroxylation is 1. The molecule has 0 N–H and O–H groups in total. The maximum atomic E-state index is 13.8. The molecule has 0 atom stereocenters. The lowest BCUT2D eigenvalue weighted by Gasteiger charge is -2.49. The third-order valence-electron chi connectivity index (χ3n) is 7.69. The summed E-state index contributed by atoms with van der Waals surface area (Å²) in [5.74, 6) is 0.0825. The van der Waals surface area contributed by atoms with Gasteiger partial charge in [0.05, 0.1) is 0 Å². The normalized spacial score (nSPS) is 21.8. The molecule has 0 spiro atoms. The summed E-state index contributed by atoms with van der Waals surface area (Å²) < 4.78 is 0.994. The van der Waals surface area contributed by atoms with Gasteiger partial charge in [-0.25, -0.2) is 0 Å². The van der Waals surface area contributed by atoms with E-state index in [2.05, 4.69) is 91.8 Å². The number of carbonyl (C=O) groups excluding carboxylic acids is 2. The molecule has 35 heavy (non-hydrogen) atoms. The molecule has 4 heteroatoms. The predicted octanol–water partition coefficient (Wildman–Crippen LogP) is 7.64. The molecule has 2 aromatic carbocycles. The lowest BCUT2D eigenvalue weighted by molar-refractivity contribution is -0.119. The Balaban J connectivity index is 1.75. The number of hydrogen-bond donors (Lipinski definition) is 0. The standard InChI is InChI=1S/C31H34BrNO2/c1-19-6-8-20(9-7-19)18-33-23-14-30(2,3)16-25(34)28(23)27(21-10-12-22(32)13-11-21)29-24(33)15-31(4,5)17-26(29)35/h6-13,27H,14-18H2,1-5H3. The summed E-state index contributed by atoms with van der Waals surface area (Å²) in [6, 6.07) is 16.8. The van der Waals surface area contributed by atoms with E-state index in [1.54, 1.807) is 0 Å². The number of nitrogens with zero attached hydrogens (tertiary/aromatic N) is 1. The second kappa shape index (κ2) is 8.58. The zero-order chi connectivity index (χ0) is 25.1. The van der Waals surface area contributed by atoms with Gasteiger partial charge in [-0.05, 0) is 53.9 Å². The number of hydrogen-bond acceptors (Lipinski definition) is 3. The SMILES string of the molecule is Cc1ccc(CN2C3=C(C(=O)CC(C)(C)C3)C(c3ccc(Br)cc3)C3=C2CC(C)(C)CC3=O)cc1. The monoisotopic (exact) mass is 531 g/mol. The fourth-order valence-electron chi connectivity index (χ4n) is 6.10. The summed E-state index contributed by atoms with van der Waals surface area (Å²) in [4.78, 5) is 30.0. The first-order valence-electron chi connectivity index (χ1n) is 12.6. The van der Waals surface area contributed by atoms with Crippen molar-refractivity contribution < 1.29 is 9.59 Å². The molecule has 1 heterocycles. The van der Waals surface area contributed by atoms with E-state index in [-0.39, 0.29) is 28.3 Å². The van der Waals surface area contributed by atoms with Gasteiger partial charge < -0.3 is 4.90 Å². The third-order valence-corrected chi connectivity index (χ3v) is 8.22. The van der Waals surface area contributed by atoms with Crippen LogP contribution in [0.3, 0.4) is 0 Å². The van der Waals surface area contributed by atoms with Crippen molar-refractivity contribution in [3.63, 3.8) is 0 Å². The summed E-state index contributed by atoms with van der Waals surface area (Å²) in [7, 11) is 0. The van der Waals surface area contributed by atoms with Crippen LogP contribution < -0.4 is 0 Å². The molecule has 0 saturated carbocycles. The molecule has 0 radical (unpaired) electrons. The maximum absolute atomic E-state index is 13.8. The van der Waals surface area contributed by atoms with Crippen LogP contribution in [0.4, 0.5) is 0 Å². The van der Waals surface area contributed by atoms with Crippen LogP contribution in [0.25, 0.3) is 0 Å². The minimum atomic E-state index is -0.283. The highest BCUT2D eigenvalue weighted by Crippen LogP contribution is 2.54. The topological polar surface area (TPSA) is 37.4 Å². The Morgan fingerprint density at radius 1 is 0.771 bits per heavy atom. The molecular formula is C31H34BrNO2. The molecule has 0 fully saturated rings. The molecule has 0 aromatic heterocycles. The van der Waals surface area contributed by atoms with Gasteiger partial charge in [0.2, 0.25) is 0 Å². The van der Waals surface area contributed by atoms with E-state index in [1.807, 2.05) is 12.1 Å². The van der Waals surface area contributed by atoms with E-state index < -0.39 is 0 Å². The fourth-order valence-corrected chi connectivity index (χ4v) is 6.37. The zero-order valence-electron chi connectivity index (χ0n) is 21.4. The largest absolute Gasteiger partial charge is 0.343 e. The predicted molar refractivity (Wildman–Crippen MR) is 144 cm³/mol. The summed E-state index contributed by atoms with van der Waals surface area (Å²) >= 11 is 3.55. The Morgan fingerprint density at radius 3 is 1.74 bits per heavy atom. The van der Waals surface area contributed by atoms with Gasteiger partial charge in [0.15, 0.2) is 11.6 Å². The molecule has 0 bridgehead atoms. The molecule has 3 nitrogen and oxygen atoms in total. The minimum Gasteiger partial charge on any atom is -0.343 e. The van der Waals surface area contributed by atoms with Crippen molar-refractivity contribution in [2.75, 3.05) is 0 Å². The van der Waals surface area contributed by atoms with E-state index in [9.17, 15) is 9.59 Å². The Kier molecular flexibility index (Phi) is 5.95. The van der Waals surface area contributed by atoms with Crippen molar-refractivity contribution in [3.05, 3.63) is 92.2 Å². The molecule has 2 aliphatic carbocycles. The highest BCUT2D eigenvalue weighted by atomic mass is 79.9. The van der Waals surface area contributed by atoms with Crippen LogP contribution in [0.5, 0.6) is 0 Å². The maximum Gasteiger partial charge on any atom is 0.162 e. The van der Waals surface area contributed by atoms with Crippen LogP contribution >= 0.6 is 15.9 Å². The van der Waals surface area contributed by atoms with E-state index in [0.29, 0.717) is 19.4 Å². The molecule has 3 aliphatic rings. The van der Waals surface area contributed by atoms with Crippen molar-refractivity contribution in [1.82, 2.24) is 4.90 Å². The number of benzene rings is 2. The van der Waals surface area contributed by atoms with Gasteiger partial charge in [0.1, 0.15) is 0 Å². The highest BCUT2D eigenvalue weighted by Gasteiger charge is 2.48. The lowest BCUT2D eigenvalue weighted by atomic mass is 9.63. The first-order chi connectivity index (χ1) is 16.4. The smallest absolute Gasteiger partial charge is 0.162 e. The third kappa shape index (κ3) is 4.58. The van der Waals surface area contributed by atoms with Crippen LogP contribution in [-0.2, 0) is 16.1 Å². The van der Waals surface area contributed by atoms with Gasteiger partial charge in [-0.1, -0.05) is 85.6 Å². The molecule has 0 unspecified atom stereocenters. The second-order valence-electron chi connectivity index (χ2n) is 12.2. The summed E-state index contributed by atoms with van der Waals surface area (Å²) in [5.41, 5.74) is 7.14. The van der Waals surface area contributed by atoms with Gasteiger partial charge in [-0.15, -0.1) is 0 Å². The number of rotatable bonds is 3. The molecule has 1 aliphatic heterocycles. The molecule has 182 valence electrons. The van der Waals surface area contributed by atoms with E-state index in [4.69, 9.17) is 0 Å². The number of carbonyl (C=O) groups is 2. The Labute approximate surface area is 217 Å². The van der Waals surface area contributed by atoms with Crippen LogP contribution in [0.2, 0.25) is 0 Å². The van der Waals surface area contributed by atoms with Crippen molar-refractivity contribution in [2.24, 2.45) is 10.8 Å². The second-order valence-corrected chi connectivity index (χ2v) is 13.1. The van der Waals surface area contributed by atoms with Crippen LogP contribution in [0.1, 0.15) is 76.0 Å². The van der Waals surface area contributed by atoms with Gasteiger partial charge in [-0.2, -0.15) is 0 Å². The fraction of sp³-hybridized carbons (Fsp3) is 0.419. The first kappa shape index (κ1) is 24.2. The van der Waals surface area contributed by atoms with Crippen molar-refractivity contribution in [1.29, 1.82) is 0 Å². The molecule has 5 rings (SSSR count). The molecular weight excluding hydrogens is 498 g/mol. The van der Waals surface area contributed by atoms with Crippen LogP contribution in [0, 0.1) is 17.8 Å². The Morgan fingerprint density at radius 2 is 1.26 bits per heavy atom. The quantitative estimate of drug-likeness (QED) is 0.408. The summed E-state index contributed by atoms with van der Waals surface area (Å²) in [6.07, 6.45) is 2.69. The van der Waals surface area contributed by atoms with Gasteiger partial charge >= 0.3 is 0 Å². The molecule has 0 saturated heterocycles.